The summed E-state index contributed by atoms with van der Waals surface area (Å²) in [6.07, 6.45) is -0.985. The molecule has 1 atom stereocenters. The third kappa shape index (κ3) is 4.46. The van der Waals surface area contributed by atoms with Gasteiger partial charge in [-0.05, 0) is 12.5 Å². The fourth-order valence-electron chi connectivity index (χ4n) is 1.03. The number of hydrogen-bond acceptors (Lipinski definition) is 3. The monoisotopic (exact) mass is 209 g/mol. The van der Waals surface area contributed by atoms with Crippen molar-refractivity contribution in [1.82, 2.24) is 5.32 Å². The molecule has 0 radical (unpaired) electrons. The highest BCUT2D eigenvalue weighted by atomic mass is 16.6. The number of amides is 1. The van der Waals surface area contributed by atoms with Crippen LogP contribution in [0.15, 0.2) is 30.3 Å². The van der Waals surface area contributed by atoms with E-state index in [2.05, 4.69) is 5.32 Å². The smallest absolute Gasteiger partial charge is 0.407 e. The molecule has 1 aromatic rings. The zero-order valence-electron chi connectivity index (χ0n) is 8.64. The lowest BCUT2D eigenvalue weighted by Crippen LogP contribution is -2.28. The predicted octanol–water partition coefficient (Wildman–Crippen LogP) is 1.29. The molecule has 4 nitrogen and oxygen atoms in total. The van der Waals surface area contributed by atoms with Crippen LogP contribution in [-0.2, 0) is 11.3 Å². The van der Waals surface area contributed by atoms with Crippen molar-refractivity contribution in [2.75, 3.05) is 6.61 Å². The Balaban J connectivity index is 2.29. The van der Waals surface area contributed by atoms with Crippen LogP contribution >= 0.6 is 0 Å². The van der Waals surface area contributed by atoms with Gasteiger partial charge in [0.25, 0.3) is 0 Å². The van der Waals surface area contributed by atoms with Crippen molar-refractivity contribution in [3.63, 3.8) is 0 Å². The largest absolute Gasteiger partial charge is 0.444 e. The minimum absolute atomic E-state index is 0.168. The Labute approximate surface area is 88.9 Å². The Morgan fingerprint density at radius 1 is 1.47 bits per heavy atom. The lowest BCUT2D eigenvalue weighted by atomic mass is 10.2. The average Bonchev–Trinajstić information content (AvgIpc) is 2.27. The third-order valence-electron chi connectivity index (χ3n) is 1.85. The highest BCUT2D eigenvalue weighted by molar-refractivity contribution is 5.67. The van der Waals surface area contributed by atoms with Gasteiger partial charge in [-0.1, -0.05) is 30.3 Å². The van der Waals surface area contributed by atoms with Crippen LogP contribution < -0.4 is 5.32 Å². The summed E-state index contributed by atoms with van der Waals surface area (Å²) in [6, 6.07) is 9.54. The molecule has 1 amide bonds. The summed E-state index contributed by atoms with van der Waals surface area (Å²) in [5.41, 5.74) is 1.01. The van der Waals surface area contributed by atoms with E-state index in [1.54, 1.807) is 6.92 Å². The van der Waals surface area contributed by atoms with Gasteiger partial charge in [0.2, 0.25) is 0 Å². The Hall–Kier alpha value is -1.55. The SMILES string of the molecule is C[C@@H](CO)OC(=O)NCc1ccccc1. The Kier molecular flexibility index (Phi) is 4.63. The highest BCUT2D eigenvalue weighted by Crippen LogP contribution is 1.98. The summed E-state index contributed by atoms with van der Waals surface area (Å²) in [7, 11) is 0. The van der Waals surface area contributed by atoms with Crippen LogP contribution in [0.5, 0.6) is 0 Å². The van der Waals surface area contributed by atoms with Crippen LogP contribution in [0.25, 0.3) is 0 Å². The molecule has 15 heavy (non-hydrogen) atoms. The minimum Gasteiger partial charge on any atom is -0.444 e. The van der Waals surface area contributed by atoms with Crippen LogP contribution in [0.1, 0.15) is 12.5 Å². The molecule has 0 aliphatic carbocycles. The molecule has 0 aliphatic heterocycles. The standard InChI is InChI=1S/C11H15NO3/c1-9(8-13)15-11(14)12-7-10-5-3-2-4-6-10/h2-6,9,13H,7-8H2,1H3,(H,12,14)/t9-/m0/s1. The molecular formula is C11H15NO3. The molecule has 0 fully saturated rings. The van der Waals surface area contributed by atoms with Crippen molar-refractivity contribution in [3.05, 3.63) is 35.9 Å². The fraction of sp³-hybridized carbons (Fsp3) is 0.364. The molecule has 82 valence electrons. The Bertz CT molecular complexity index is 300. The summed E-state index contributed by atoms with van der Waals surface area (Å²) in [5.74, 6) is 0. The summed E-state index contributed by atoms with van der Waals surface area (Å²) < 4.78 is 4.82. The van der Waals surface area contributed by atoms with Gasteiger partial charge in [-0.3, -0.25) is 0 Å². The van der Waals surface area contributed by atoms with E-state index in [4.69, 9.17) is 9.84 Å². The van der Waals surface area contributed by atoms with Crippen molar-refractivity contribution in [1.29, 1.82) is 0 Å². The summed E-state index contributed by atoms with van der Waals surface area (Å²) in [6.45, 7) is 1.89. The van der Waals surface area contributed by atoms with Crippen molar-refractivity contribution >= 4 is 6.09 Å². The molecular weight excluding hydrogens is 194 g/mol. The van der Waals surface area contributed by atoms with Crippen LogP contribution in [0.2, 0.25) is 0 Å². The second-order valence-electron chi connectivity index (χ2n) is 3.24. The lowest BCUT2D eigenvalue weighted by Gasteiger charge is -2.11. The maximum absolute atomic E-state index is 11.1. The number of rotatable bonds is 4. The van der Waals surface area contributed by atoms with E-state index in [0.717, 1.165) is 5.56 Å². The summed E-state index contributed by atoms with van der Waals surface area (Å²) >= 11 is 0. The van der Waals surface area contributed by atoms with E-state index in [0.29, 0.717) is 6.54 Å². The van der Waals surface area contributed by atoms with Gasteiger partial charge in [-0.15, -0.1) is 0 Å². The first-order valence-electron chi connectivity index (χ1n) is 4.81. The van der Waals surface area contributed by atoms with Crippen LogP contribution in [0.3, 0.4) is 0 Å². The van der Waals surface area contributed by atoms with Crippen molar-refractivity contribution < 1.29 is 14.6 Å². The number of nitrogens with one attached hydrogen (secondary N) is 1. The van der Waals surface area contributed by atoms with Crippen molar-refractivity contribution in [3.8, 4) is 0 Å². The van der Waals surface area contributed by atoms with Crippen LogP contribution in [0, 0.1) is 0 Å². The van der Waals surface area contributed by atoms with Gasteiger partial charge in [0.05, 0.1) is 6.61 Å². The topological polar surface area (TPSA) is 58.6 Å². The van der Waals surface area contributed by atoms with Crippen LogP contribution in [-0.4, -0.2) is 23.9 Å². The second-order valence-corrected chi connectivity index (χ2v) is 3.24. The fourth-order valence-corrected chi connectivity index (χ4v) is 1.03. The number of carbonyl (C=O) groups excluding carboxylic acids is 1. The average molecular weight is 209 g/mol. The number of ether oxygens (including phenoxy) is 1. The lowest BCUT2D eigenvalue weighted by molar-refractivity contribution is 0.0678. The second kappa shape index (κ2) is 6.03. The van der Waals surface area contributed by atoms with E-state index >= 15 is 0 Å². The Morgan fingerprint density at radius 2 is 2.13 bits per heavy atom. The molecule has 0 bridgehead atoms. The molecule has 0 saturated heterocycles. The van der Waals surface area contributed by atoms with Crippen molar-refractivity contribution in [2.45, 2.75) is 19.6 Å². The predicted molar refractivity (Wildman–Crippen MR) is 56.3 cm³/mol. The van der Waals surface area contributed by atoms with E-state index in [-0.39, 0.29) is 6.61 Å². The first-order valence-corrected chi connectivity index (χ1v) is 4.81. The van der Waals surface area contributed by atoms with Gasteiger partial charge in [-0.2, -0.15) is 0 Å². The highest BCUT2D eigenvalue weighted by Gasteiger charge is 2.06. The first-order chi connectivity index (χ1) is 7.22. The summed E-state index contributed by atoms with van der Waals surface area (Å²) in [4.78, 5) is 11.1. The molecule has 0 aliphatic rings. The molecule has 0 aromatic heterocycles. The number of benzene rings is 1. The quantitative estimate of drug-likeness (QED) is 0.785. The molecule has 1 rings (SSSR count). The zero-order chi connectivity index (χ0) is 11.1. The number of aliphatic hydroxyl groups excluding tert-OH is 1. The number of hydrogen-bond donors (Lipinski definition) is 2. The normalized spacial score (nSPS) is 11.9. The molecule has 1 aromatic carbocycles. The molecule has 0 heterocycles. The van der Waals surface area contributed by atoms with E-state index < -0.39 is 12.2 Å². The van der Waals surface area contributed by atoms with Gasteiger partial charge < -0.3 is 15.2 Å². The molecule has 0 saturated carbocycles. The van der Waals surface area contributed by atoms with Gasteiger partial charge in [0.15, 0.2) is 0 Å². The zero-order valence-corrected chi connectivity index (χ0v) is 8.64. The maximum atomic E-state index is 11.1. The first kappa shape index (κ1) is 11.5. The van der Waals surface area contributed by atoms with Gasteiger partial charge in [-0.25, -0.2) is 4.79 Å². The number of aliphatic hydroxyl groups is 1. The van der Waals surface area contributed by atoms with E-state index in [9.17, 15) is 4.79 Å². The number of carbonyl (C=O) groups is 1. The van der Waals surface area contributed by atoms with Gasteiger partial charge in [0.1, 0.15) is 6.10 Å². The summed E-state index contributed by atoms with van der Waals surface area (Å²) in [5, 5.41) is 11.3. The van der Waals surface area contributed by atoms with E-state index in [1.807, 2.05) is 30.3 Å². The maximum Gasteiger partial charge on any atom is 0.407 e. The number of alkyl carbamates (subject to hydrolysis) is 1. The van der Waals surface area contributed by atoms with E-state index in [1.165, 1.54) is 0 Å². The van der Waals surface area contributed by atoms with Crippen molar-refractivity contribution in [2.24, 2.45) is 0 Å². The van der Waals surface area contributed by atoms with Crippen LogP contribution in [0.4, 0.5) is 4.79 Å². The molecule has 0 unspecified atom stereocenters. The molecule has 2 N–H and O–H groups in total. The molecule has 0 spiro atoms. The third-order valence-corrected chi connectivity index (χ3v) is 1.85. The van der Waals surface area contributed by atoms with Gasteiger partial charge in [0, 0.05) is 6.54 Å². The Morgan fingerprint density at radius 3 is 2.73 bits per heavy atom. The minimum atomic E-state index is -0.514. The van der Waals surface area contributed by atoms with Gasteiger partial charge >= 0.3 is 6.09 Å². The molecule has 4 heteroatoms.